The molecule has 0 aliphatic heterocycles. The summed E-state index contributed by atoms with van der Waals surface area (Å²) in [6.45, 7) is 0. The monoisotopic (exact) mass is 347 g/mol. The molecule has 2 aromatic carbocycles. The molecule has 2 N–H and O–H groups in total. The first-order valence-corrected chi connectivity index (χ1v) is 8.97. The minimum absolute atomic E-state index is 0.112. The number of benzene rings is 2. The van der Waals surface area contributed by atoms with Gasteiger partial charge in [-0.3, -0.25) is 0 Å². The number of para-hydroxylation sites is 1. The van der Waals surface area contributed by atoms with Gasteiger partial charge in [-0.2, -0.15) is 0 Å². The van der Waals surface area contributed by atoms with Crippen LogP contribution in [0.5, 0.6) is 0 Å². The van der Waals surface area contributed by atoms with E-state index in [0.717, 1.165) is 11.2 Å². The number of anilines is 1. The summed E-state index contributed by atoms with van der Waals surface area (Å²) in [5.41, 5.74) is 6.15. The van der Waals surface area contributed by atoms with Crippen LogP contribution in [-0.2, 0) is 9.84 Å². The van der Waals surface area contributed by atoms with Gasteiger partial charge in [0.2, 0.25) is 0 Å². The van der Waals surface area contributed by atoms with Crippen LogP contribution in [0.3, 0.4) is 0 Å². The Hall–Kier alpha value is -0.880. The maximum absolute atomic E-state index is 11.6. The SMILES string of the molecule is CS(=O)(=O)c1cccc(Sc2cc(Cl)ccc2Cl)c1N. The van der Waals surface area contributed by atoms with Gasteiger partial charge >= 0.3 is 0 Å². The van der Waals surface area contributed by atoms with Gasteiger partial charge in [0.15, 0.2) is 9.84 Å². The molecular formula is C13H11Cl2NO2S2. The van der Waals surface area contributed by atoms with Gasteiger partial charge in [-0.15, -0.1) is 0 Å². The van der Waals surface area contributed by atoms with Gasteiger partial charge in [-0.1, -0.05) is 41.0 Å². The van der Waals surface area contributed by atoms with E-state index in [9.17, 15) is 8.42 Å². The summed E-state index contributed by atoms with van der Waals surface area (Å²) in [5, 5.41) is 1.08. The van der Waals surface area contributed by atoms with Gasteiger partial charge in [0, 0.05) is 21.1 Å². The first kappa shape index (κ1) is 15.5. The Morgan fingerprint density at radius 3 is 2.45 bits per heavy atom. The number of rotatable bonds is 3. The Bertz CT molecular complexity index is 761. The van der Waals surface area contributed by atoms with Gasteiger partial charge in [0.25, 0.3) is 0 Å². The van der Waals surface area contributed by atoms with E-state index in [1.165, 1.54) is 17.8 Å². The summed E-state index contributed by atoms with van der Waals surface area (Å²) in [6.07, 6.45) is 1.12. The molecule has 2 aromatic rings. The Balaban J connectivity index is 2.47. The lowest BCUT2D eigenvalue weighted by Crippen LogP contribution is -2.03. The molecule has 0 saturated heterocycles. The fourth-order valence-corrected chi connectivity index (χ4v) is 3.93. The van der Waals surface area contributed by atoms with Gasteiger partial charge in [-0.25, -0.2) is 8.42 Å². The van der Waals surface area contributed by atoms with Crippen LogP contribution in [0.4, 0.5) is 5.69 Å². The van der Waals surface area contributed by atoms with Crippen LogP contribution in [-0.4, -0.2) is 14.7 Å². The van der Waals surface area contributed by atoms with Crippen molar-refractivity contribution in [1.82, 2.24) is 0 Å². The van der Waals surface area contributed by atoms with Crippen molar-refractivity contribution in [2.45, 2.75) is 14.7 Å². The highest BCUT2D eigenvalue weighted by atomic mass is 35.5. The van der Waals surface area contributed by atoms with Crippen molar-refractivity contribution in [2.24, 2.45) is 0 Å². The van der Waals surface area contributed by atoms with Gasteiger partial charge < -0.3 is 5.73 Å². The van der Waals surface area contributed by atoms with Gasteiger partial charge in [-0.05, 0) is 30.3 Å². The van der Waals surface area contributed by atoms with Crippen molar-refractivity contribution in [2.75, 3.05) is 12.0 Å². The molecule has 0 bridgehead atoms. The average molecular weight is 348 g/mol. The number of nitrogens with two attached hydrogens (primary N) is 1. The minimum Gasteiger partial charge on any atom is -0.397 e. The predicted molar refractivity (Wildman–Crippen MR) is 84.5 cm³/mol. The molecule has 0 aliphatic carbocycles. The number of halogens is 2. The molecule has 0 amide bonds. The smallest absolute Gasteiger partial charge is 0.177 e. The molecule has 0 aromatic heterocycles. The Morgan fingerprint density at radius 1 is 1.10 bits per heavy atom. The third-order valence-corrected chi connectivity index (χ3v) is 5.50. The Morgan fingerprint density at radius 2 is 1.80 bits per heavy atom. The standard InChI is InChI=1S/C13H11Cl2NO2S2/c1-20(17,18)12-4-2-3-10(13(12)16)19-11-7-8(14)5-6-9(11)15/h2-7H,16H2,1H3. The molecule has 106 valence electrons. The lowest BCUT2D eigenvalue weighted by atomic mass is 10.3. The summed E-state index contributed by atoms with van der Waals surface area (Å²) in [7, 11) is -3.36. The van der Waals surface area contributed by atoms with E-state index in [0.29, 0.717) is 14.9 Å². The highest BCUT2D eigenvalue weighted by Crippen LogP contribution is 2.39. The molecule has 2 rings (SSSR count). The van der Waals surface area contributed by atoms with Crippen LogP contribution in [0.2, 0.25) is 10.0 Å². The lowest BCUT2D eigenvalue weighted by Gasteiger charge is -2.10. The highest BCUT2D eigenvalue weighted by molar-refractivity contribution is 7.99. The third kappa shape index (κ3) is 3.41. The predicted octanol–water partition coefficient (Wildman–Crippen LogP) is 4.13. The second-order valence-electron chi connectivity index (χ2n) is 4.12. The molecule has 0 aliphatic rings. The topological polar surface area (TPSA) is 60.2 Å². The lowest BCUT2D eigenvalue weighted by molar-refractivity contribution is 0.602. The Labute approximate surface area is 132 Å². The molecular weight excluding hydrogens is 337 g/mol. The van der Waals surface area contributed by atoms with E-state index in [1.807, 2.05) is 0 Å². The van der Waals surface area contributed by atoms with E-state index >= 15 is 0 Å². The zero-order valence-electron chi connectivity index (χ0n) is 10.4. The molecule has 0 atom stereocenters. The van der Waals surface area contributed by atoms with Crippen molar-refractivity contribution >= 4 is 50.5 Å². The van der Waals surface area contributed by atoms with E-state index in [-0.39, 0.29) is 10.6 Å². The van der Waals surface area contributed by atoms with Gasteiger partial charge in [0.1, 0.15) is 0 Å². The molecule has 3 nitrogen and oxygen atoms in total. The molecule has 0 saturated carbocycles. The summed E-state index contributed by atoms with van der Waals surface area (Å²) < 4.78 is 23.3. The van der Waals surface area contributed by atoms with Gasteiger partial charge in [0.05, 0.1) is 15.6 Å². The number of hydrogen-bond donors (Lipinski definition) is 1. The van der Waals surface area contributed by atoms with Crippen molar-refractivity contribution in [3.8, 4) is 0 Å². The first-order chi connectivity index (χ1) is 9.29. The van der Waals surface area contributed by atoms with Crippen LogP contribution in [0.25, 0.3) is 0 Å². The van der Waals surface area contributed by atoms with E-state index in [2.05, 4.69) is 0 Å². The molecule has 0 spiro atoms. The maximum Gasteiger partial charge on any atom is 0.177 e. The summed E-state index contributed by atoms with van der Waals surface area (Å²) in [4.78, 5) is 1.45. The molecule has 0 fully saturated rings. The quantitative estimate of drug-likeness (QED) is 0.848. The van der Waals surface area contributed by atoms with Crippen molar-refractivity contribution in [1.29, 1.82) is 0 Å². The molecule has 0 heterocycles. The van der Waals surface area contributed by atoms with Crippen molar-refractivity contribution < 1.29 is 8.42 Å². The fourth-order valence-electron chi connectivity index (χ4n) is 1.61. The summed E-state index contributed by atoms with van der Waals surface area (Å²) in [5.74, 6) is 0. The highest BCUT2D eigenvalue weighted by Gasteiger charge is 2.15. The second kappa shape index (κ2) is 5.85. The maximum atomic E-state index is 11.6. The molecule has 20 heavy (non-hydrogen) atoms. The van der Waals surface area contributed by atoms with E-state index < -0.39 is 9.84 Å². The number of hydrogen-bond acceptors (Lipinski definition) is 4. The van der Waals surface area contributed by atoms with Crippen LogP contribution in [0.1, 0.15) is 0 Å². The zero-order valence-corrected chi connectivity index (χ0v) is 13.6. The van der Waals surface area contributed by atoms with Crippen LogP contribution < -0.4 is 5.73 Å². The van der Waals surface area contributed by atoms with Crippen molar-refractivity contribution in [3.63, 3.8) is 0 Å². The van der Waals surface area contributed by atoms with Crippen LogP contribution >= 0.6 is 35.0 Å². The summed E-state index contributed by atoms with van der Waals surface area (Å²) in [6, 6.07) is 9.95. The normalized spacial score (nSPS) is 11.6. The number of nitrogen functional groups attached to an aromatic ring is 1. The Kier molecular flexibility index (Phi) is 4.54. The van der Waals surface area contributed by atoms with E-state index in [1.54, 1.807) is 30.3 Å². The second-order valence-corrected chi connectivity index (χ2v) is 8.03. The fraction of sp³-hybridized carbons (Fsp3) is 0.0769. The average Bonchev–Trinajstić information content (AvgIpc) is 2.35. The third-order valence-electron chi connectivity index (χ3n) is 2.54. The number of sulfone groups is 1. The molecule has 0 radical (unpaired) electrons. The first-order valence-electron chi connectivity index (χ1n) is 5.50. The summed E-state index contributed by atoms with van der Waals surface area (Å²) >= 11 is 13.3. The zero-order chi connectivity index (χ0) is 14.9. The molecule has 0 unspecified atom stereocenters. The van der Waals surface area contributed by atoms with Crippen LogP contribution in [0.15, 0.2) is 51.1 Å². The molecule has 7 heteroatoms. The van der Waals surface area contributed by atoms with Crippen molar-refractivity contribution in [3.05, 3.63) is 46.4 Å². The minimum atomic E-state index is -3.36. The van der Waals surface area contributed by atoms with E-state index in [4.69, 9.17) is 28.9 Å². The largest absolute Gasteiger partial charge is 0.397 e. The van der Waals surface area contributed by atoms with Crippen LogP contribution in [0, 0.1) is 0 Å².